The lowest BCUT2D eigenvalue weighted by Crippen LogP contribution is -2.40. The number of nitrogen functional groups attached to an aromatic ring is 1. The minimum atomic E-state index is -1.48. The number of nitrogens with one attached hydrogen (secondary N) is 1. The molecule has 1 aliphatic carbocycles. The number of fused-ring (bicyclic) bond motifs is 1. The van der Waals surface area contributed by atoms with Crippen LogP contribution in [0.1, 0.15) is 63.4 Å². The number of benzene rings is 1. The number of amides is 1. The highest BCUT2D eigenvalue weighted by Gasteiger charge is 2.39. The minimum Gasteiger partial charge on any atom is -0.477 e. The summed E-state index contributed by atoms with van der Waals surface area (Å²) >= 11 is 0. The molecule has 1 aromatic carbocycles. The Balaban J connectivity index is 1.71. The number of carbonyl (C=O) groups is 2. The third-order valence-corrected chi connectivity index (χ3v) is 6.47. The van der Waals surface area contributed by atoms with E-state index in [9.17, 15) is 19.5 Å². The highest BCUT2D eigenvalue weighted by Crippen LogP contribution is 2.43. The number of alkyl carbamates (subject to hydrolysis) is 1. The Morgan fingerprint density at radius 2 is 1.94 bits per heavy atom. The van der Waals surface area contributed by atoms with Gasteiger partial charge in [-0.1, -0.05) is 6.92 Å². The second kappa shape index (κ2) is 8.39. The van der Waals surface area contributed by atoms with E-state index in [-0.39, 0.29) is 30.3 Å². The molecule has 0 bridgehead atoms. The summed E-state index contributed by atoms with van der Waals surface area (Å²) in [5, 5.41) is 11.7. The SMILES string of the molecule is CC1(CNC(=O)OC(C)(C)C)CCN(c2c(F)c(N)c3c(=O)c(C(=O)O)cn(C4CC4)c3c2F)C1. The zero-order valence-corrected chi connectivity index (χ0v) is 20.2. The maximum Gasteiger partial charge on any atom is 0.407 e. The number of carbonyl (C=O) groups excluding carboxylic acids is 1. The van der Waals surface area contributed by atoms with Gasteiger partial charge in [-0.25, -0.2) is 18.4 Å². The van der Waals surface area contributed by atoms with Crippen LogP contribution in [0.5, 0.6) is 0 Å². The Labute approximate surface area is 200 Å². The zero-order chi connectivity index (χ0) is 25.9. The van der Waals surface area contributed by atoms with Gasteiger partial charge in [0.2, 0.25) is 5.43 Å². The topological polar surface area (TPSA) is 127 Å². The molecule has 190 valence electrons. The van der Waals surface area contributed by atoms with Gasteiger partial charge >= 0.3 is 12.1 Å². The van der Waals surface area contributed by atoms with Crippen LogP contribution in [0.3, 0.4) is 0 Å². The standard InChI is InChI=1S/C24H30F2N4O5/c1-23(2,3)35-22(34)28-10-24(4)7-8-29(11-24)19-15(25)17(27)14-18(16(19)26)30(12-5-6-12)9-13(20(14)31)21(32)33/h9,12H,5-8,10-11,27H2,1-4H3,(H,28,34)(H,32,33). The number of rotatable bonds is 5. The van der Waals surface area contributed by atoms with E-state index in [2.05, 4.69) is 5.32 Å². The molecule has 35 heavy (non-hydrogen) atoms. The molecule has 1 amide bonds. The highest BCUT2D eigenvalue weighted by molar-refractivity contribution is 5.99. The minimum absolute atomic E-state index is 0.183. The lowest BCUT2D eigenvalue weighted by Gasteiger charge is -2.28. The summed E-state index contributed by atoms with van der Waals surface area (Å²) in [5.41, 5.74) is 2.14. The number of carboxylic acids is 1. The fourth-order valence-corrected chi connectivity index (χ4v) is 4.58. The van der Waals surface area contributed by atoms with Crippen molar-refractivity contribution in [2.45, 2.75) is 58.6 Å². The first kappa shape index (κ1) is 24.7. The van der Waals surface area contributed by atoms with E-state index in [0.717, 1.165) is 6.20 Å². The number of anilines is 2. The monoisotopic (exact) mass is 492 g/mol. The van der Waals surface area contributed by atoms with Crippen molar-refractivity contribution in [3.05, 3.63) is 33.6 Å². The predicted octanol–water partition coefficient (Wildman–Crippen LogP) is 3.64. The second-order valence-electron chi connectivity index (χ2n) is 10.8. The van der Waals surface area contributed by atoms with Crippen LogP contribution in [-0.2, 0) is 4.74 Å². The lowest BCUT2D eigenvalue weighted by atomic mass is 9.90. The number of nitrogens with zero attached hydrogens (tertiary/aromatic N) is 2. The third kappa shape index (κ3) is 4.63. The Morgan fingerprint density at radius 1 is 1.29 bits per heavy atom. The van der Waals surface area contributed by atoms with Crippen molar-refractivity contribution in [1.82, 2.24) is 9.88 Å². The summed E-state index contributed by atoms with van der Waals surface area (Å²) in [6.07, 6.45) is 2.44. The van der Waals surface area contributed by atoms with Gasteiger partial charge in [-0.2, -0.15) is 0 Å². The fourth-order valence-electron chi connectivity index (χ4n) is 4.58. The van der Waals surface area contributed by atoms with Crippen LogP contribution in [0, 0.1) is 17.0 Å². The van der Waals surface area contributed by atoms with Crippen LogP contribution < -0.4 is 21.4 Å². The largest absolute Gasteiger partial charge is 0.477 e. The van der Waals surface area contributed by atoms with E-state index in [1.807, 2.05) is 6.92 Å². The molecular formula is C24H30F2N4O5. The van der Waals surface area contributed by atoms with Crippen LogP contribution in [0.2, 0.25) is 0 Å². The number of nitrogens with two attached hydrogens (primary N) is 1. The molecule has 1 aliphatic heterocycles. The summed E-state index contributed by atoms with van der Waals surface area (Å²) in [5.74, 6) is -3.53. The van der Waals surface area contributed by atoms with Gasteiger partial charge in [0.25, 0.3) is 0 Å². The maximum absolute atomic E-state index is 15.9. The molecule has 0 radical (unpaired) electrons. The van der Waals surface area contributed by atoms with Gasteiger partial charge in [-0.15, -0.1) is 0 Å². The molecule has 0 spiro atoms. The van der Waals surface area contributed by atoms with Crippen LogP contribution in [-0.4, -0.2) is 47.0 Å². The molecule has 2 fully saturated rings. The molecule has 2 aromatic rings. The molecule has 4 N–H and O–H groups in total. The van der Waals surface area contributed by atoms with Crippen LogP contribution in [0.25, 0.3) is 10.9 Å². The average Bonchev–Trinajstić information content (AvgIpc) is 3.52. The number of aromatic nitrogens is 1. The van der Waals surface area contributed by atoms with Crippen molar-refractivity contribution in [2.75, 3.05) is 30.3 Å². The van der Waals surface area contributed by atoms with Gasteiger partial charge in [-0.3, -0.25) is 4.79 Å². The number of ether oxygens (including phenoxy) is 1. The Kier molecular flexibility index (Phi) is 5.93. The third-order valence-electron chi connectivity index (χ3n) is 6.47. The van der Waals surface area contributed by atoms with Gasteiger partial charge in [-0.05, 0) is 40.0 Å². The van der Waals surface area contributed by atoms with E-state index < -0.39 is 56.8 Å². The quantitative estimate of drug-likeness (QED) is 0.544. The van der Waals surface area contributed by atoms with Gasteiger partial charge < -0.3 is 30.4 Å². The summed E-state index contributed by atoms with van der Waals surface area (Å²) < 4.78 is 38.1. The van der Waals surface area contributed by atoms with Gasteiger partial charge in [0, 0.05) is 37.3 Å². The van der Waals surface area contributed by atoms with E-state index in [0.29, 0.717) is 25.8 Å². The van der Waals surface area contributed by atoms with Gasteiger partial charge in [0.05, 0.1) is 16.6 Å². The second-order valence-corrected chi connectivity index (χ2v) is 10.8. The Bertz CT molecular complexity index is 1280. The fraction of sp³-hybridized carbons (Fsp3) is 0.542. The van der Waals surface area contributed by atoms with Gasteiger partial charge in [0.15, 0.2) is 11.6 Å². The van der Waals surface area contributed by atoms with E-state index >= 15 is 8.78 Å². The van der Waals surface area contributed by atoms with Crippen molar-refractivity contribution < 1.29 is 28.2 Å². The normalized spacial score (nSPS) is 20.3. The summed E-state index contributed by atoms with van der Waals surface area (Å²) in [6.45, 7) is 7.91. The number of carboxylic acid groups (broad SMARTS) is 1. The van der Waals surface area contributed by atoms with Crippen molar-refractivity contribution >= 4 is 34.3 Å². The molecule has 4 rings (SSSR count). The molecule has 1 unspecified atom stereocenters. The summed E-state index contributed by atoms with van der Waals surface area (Å²) in [4.78, 5) is 38.0. The Hall–Kier alpha value is -3.37. The molecule has 2 aliphatic rings. The van der Waals surface area contributed by atoms with Crippen LogP contribution >= 0.6 is 0 Å². The molecular weight excluding hydrogens is 462 g/mol. The summed E-state index contributed by atoms with van der Waals surface area (Å²) in [6, 6.07) is -0.190. The number of pyridine rings is 1. The lowest BCUT2D eigenvalue weighted by molar-refractivity contribution is 0.0506. The molecule has 9 nitrogen and oxygen atoms in total. The van der Waals surface area contributed by atoms with Crippen molar-refractivity contribution in [1.29, 1.82) is 0 Å². The highest BCUT2D eigenvalue weighted by atomic mass is 19.1. The first-order valence-corrected chi connectivity index (χ1v) is 11.5. The average molecular weight is 493 g/mol. The van der Waals surface area contributed by atoms with E-state index in [1.165, 1.54) is 9.47 Å². The first-order valence-electron chi connectivity index (χ1n) is 11.5. The van der Waals surface area contributed by atoms with Gasteiger partial charge in [0.1, 0.15) is 16.9 Å². The predicted molar refractivity (Wildman–Crippen MR) is 127 cm³/mol. The van der Waals surface area contributed by atoms with Crippen molar-refractivity contribution in [2.24, 2.45) is 5.41 Å². The summed E-state index contributed by atoms with van der Waals surface area (Å²) in [7, 11) is 0. The van der Waals surface area contributed by atoms with E-state index in [1.54, 1.807) is 20.8 Å². The van der Waals surface area contributed by atoms with Crippen molar-refractivity contribution in [3.8, 4) is 0 Å². The molecule has 1 saturated carbocycles. The smallest absolute Gasteiger partial charge is 0.407 e. The first-order chi connectivity index (χ1) is 16.2. The number of hydrogen-bond acceptors (Lipinski definition) is 6. The van der Waals surface area contributed by atoms with Crippen LogP contribution in [0.4, 0.5) is 25.0 Å². The molecule has 2 heterocycles. The molecule has 1 atom stereocenters. The Morgan fingerprint density at radius 3 is 2.51 bits per heavy atom. The molecule has 1 aromatic heterocycles. The van der Waals surface area contributed by atoms with Crippen LogP contribution in [0.15, 0.2) is 11.0 Å². The van der Waals surface area contributed by atoms with E-state index in [4.69, 9.17) is 10.5 Å². The maximum atomic E-state index is 15.9. The number of aromatic carboxylic acids is 1. The zero-order valence-electron chi connectivity index (χ0n) is 20.2. The van der Waals surface area contributed by atoms with Crippen molar-refractivity contribution in [3.63, 3.8) is 0 Å². The number of hydrogen-bond donors (Lipinski definition) is 3. The molecule has 1 saturated heterocycles. The molecule has 11 heteroatoms. The number of halogens is 2.